The maximum Gasteiger partial charge on any atom is 0.305 e. The Bertz CT molecular complexity index is 551. The molecule has 1 unspecified atom stereocenters. The number of aliphatic carboxylic acids is 1. The Balaban J connectivity index is 2.36. The highest BCUT2D eigenvalue weighted by molar-refractivity contribution is 7.09. The van der Waals surface area contributed by atoms with Crippen LogP contribution >= 0.6 is 11.5 Å². The third-order valence-electron chi connectivity index (χ3n) is 2.47. The number of rotatable bonds is 5. The lowest BCUT2D eigenvalue weighted by molar-refractivity contribution is -0.137. The molecular formula is C9H12N6O2S. The Morgan fingerprint density at radius 3 is 2.94 bits per heavy atom. The van der Waals surface area contributed by atoms with Crippen molar-refractivity contribution in [1.82, 2.24) is 29.8 Å². The molecule has 1 N–H and O–H groups in total. The molecule has 1 atom stereocenters. The van der Waals surface area contributed by atoms with Gasteiger partial charge in [0.05, 0.1) is 18.2 Å². The zero-order chi connectivity index (χ0) is 13.1. The highest BCUT2D eigenvalue weighted by Crippen LogP contribution is 2.26. The minimum Gasteiger partial charge on any atom is -0.481 e. The molecule has 18 heavy (non-hydrogen) atoms. The van der Waals surface area contributed by atoms with Crippen molar-refractivity contribution in [3.05, 3.63) is 5.69 Å². The van der Waals surface area contributed by atoms with E-state index in [0.29, 0.717) is 5.82 Å². The van der Waals surface area contributed by atoms with Crippen molar-refractivity contribution in [3.8, 4) is 10.7 Å². The van der Waals surface area contributed by atoms with Crippen LogP contribution in [-0.2, 0) is 11.2 Å². The number of aromatic nitrogens is 6. The van der Waals surface area contributed by atoms with E-state index in [0.717, 1.165) is 17.0 Å². The van der Waals surface area contributed by atoms with Crippen molar-refractivity contribution in [3.63, 3.8) is 0 Å². The molecule has 0 aliphatic rings. The van der Waals surface area contributed by atoms with E-state index in [4.69, 9.17) is 5.11 Å². The second kappa shape index (κ2) is 5.17. The van der Waals surface area contributed by atoms with Crippen LogP contribution in [0.4, 0.5) is 0 Å². The van der Waals surface area contributed by atoms with Crippen molar-refractivity contribution in [1.29, 1.82) is 0 Å². The molecule has 0 amide bonds. The molecule has 0 aliphatic carbocycles. The van der Waals surface area contributed by atoms with E-state index in [1.54, 1.807) is 6.92 Å². The van der Waals surface area contributed by atoms with Gasteiger partial charge < -0.3 is 5.11 Å². The third kappa shape index (κ3) is 2.35. The summed E-state index contributed by atoms with van der Waals surface area (Å²) in [4.78, 5) is 11.5. The molecule has 0 saturated heterocycles. The summed E-state index contributed by atoms with van der Waals surface area (Å²) in [5.74, 6) is -0.363. The molecule has 0 spiro atoms. The fraction of sp³-hybridized carbons (Fsp3) is 0.556. The molecule has 2 aromatic heterocycles. The van der Waals surface area contributed by atoms with Gasteiger partial charge in [0.2, 0.25) is 0 Å². The van der Waals surface area contributed by atoms with E-state index in [9.17, 15) is 4.79 Å². The SMILES string of the molecule is CCc1nnsc1-c1nnnn1C(C)CC(=O)O. The van der Waals surface area contributed by atoms with Gasteiger partial charge in [-0.05, 0) is 35.3 Å². The molecular weight excluding hydrogens is 256 g/mol. The molecule has 9 heteroatoms. The summed E-state index contributed by atoms with van der Waals surface area (Å²) in [5, 5.41) is 24.2. The van der Waals surface area contributed by atoms with Gasteiger partial charge in [0, 0.05) is 0 Å². The zero-order valence-electron chi connectivity index (χ0n) is 9.94. The van der Waals surface area contributed by atoms with Gasteiger partial charge in [-0.15, -0.1) is 10.2 Å². The Morgan fingerprint density at radius 2 is 2.28 bits per heavy atom. The molecule has 8 nitrogen and oxygen atoms in total. The lowest BCUT2D eigenvalue weighted by Crippen LogP contribution is -2.13. The van der Waals surface area contributed by atoms with E-state index < -0.39 is 5.97 Å². The van der Waals surface area contributed by atoms with Gasteiger partial charge in [0.25, 0.3) is 0 Å². The summed E-state index contributed by atoms with van der Waals surface area (Å²) in [6.07, 6.45) is 0.692. The molecule has 0 aliphatic heterocycles. The molecule has 2 heterocycles. The minimum atomic E-state index is -0.887. The third-order valence-corrected chi connectivity index (χ3v) is 3.24. The van der Waals surface area contributed by atoms with Crippen LogP contribution in [0.15, 0.2) is 0 Å². The lowest BCUT2D eigenvalue weighted by Gasteiger charge is -2.10. The predicted octanol–water partition coefficient (Wildman–Crippen LogP) is 0.790. The lowest BCUT2D eigenvalue weighted by atomic mass is 10.2. The van der Waals surface area contributed by atoms with E-state index in [-0.39, 0.29) is 12.5 Å². The monoisotopic (exact) mass is 268 g/mol. The smallest absolute Gasteiger partial charge is 0.305 e. The quantitative estimate of drug-likeness (QED) is 0.854. The summed E-state index contributed by atoms with van der Waals surface area (Å²) in [5.41, 5.74) is 0.818. The first-order valence-electron chi connectivity index (χ1n) is 5.44. The number of hydrogen-bond donors (Lipinski definition) is 1. The maximum atomic E-state index is 10.7. The number of carbonyl (C=O) groups is 1. The summed E-state index contributed by atoms with van der Waals surface area (Å²) in [6.45, 7) is 3.73. The average Bonchev–Trinajstić information content (AvgIpc) is 2.96. The summed E-state index contributed by atoms with van der Waals surface area (Å²) in [6, 6.07) is -0.320. The van der Waals surface area contributed by atoms with Crippen molar-refractivity contribution in [2.24, 2.45) is 0 Å². The first-order chi connectivity index (χ1) is 8.63. The van der Waals surface area contributed by atoms with Crippen molar-refractivity contribution in [2.75, 3.05) is 0 Å². The van der Waals surface area contributed by atoms with Gasteiger partial charge in [-0.25, -0.2) is 4.68 Å². The standard InChI is InChI=1S/C9H12N6O2S/c1-3-6-8(18-14-10-6)9-11-12-13-15(9)5(2)4-7(16)17/h5H,3-4H2,1-2H3,(H,16,17). The van der Waals surface area contributed by atoms with Gasteiger partial charge in [0.15, 0.2) is 5.82 Å². The molecule has 0 fully saturated rings. The second-order valence-electron chi connectivity index (χ2n) is 3.80. The van der Waals surface area contributed by atoms with E-state index in [2.05, 4.69) is 25.1 Å². The molecule has 0 saturated carbocycles. The minimum absolute atomic E-state index is 0.0360. The molecule has 2 aromatic rings. The molecule has 0 aromatic carbocycles. The van der Waals surface area contributed by atoms with Crippen LogP contribution in [0.2, 0.25) is 0 Å². The second-order valence-corrected chi connectivity index (χ2v) is 4.55. The van der Waals surface area contributed by atoms with Crippen LogP contribution in [-0.4, -0.2) is 40.9 Å². The zero-order valence-corrected chi connectivity index (χ0v) is 10.8. The molecule has 0 radical (unpaired) electrons. The summed E-state index contributed by atoms with van der Waals surface area (Å²) >= 11 is 1.21. The number of nitrogens with zero attached hydrogens (tertiary/aromatic N) is 6. The highest BCUT2D eigenvalue weighted by atomic mass is 32.1. The first kappa shape index (κ1) is 12.6. The van der Waals surface area contributed by atoms with Crippen LogP contribution in [0.1, 0.15) is 32.0 Å². The van der Waals surface area contributed by atoms with Crippen molar-refractivity contribution in [2.45, 2.75) is 32.7 Å². The van der Waals surface area contributed by atoms with E-state index in [1.165, 1.54) is 16.2 Å². The van der Waals surface area contributed by atoms with Crippen LogP contribution < -0.4 is 0 Å². The van der Waals surface area contributed by atoms with Crippen LogP contribution in [0.5, 0.6) is 0 Å². The first-order valence-corrected chi connectivity index (χ1v) is 6.22. The van der Waals surface area contributed by atoms with Gasteiger partial charge in [0.1, 0.15) is 4.88 Å². The number of hydrogen-bond acceptors (Lipinski definition) is 7. The summed E-state index contributed by atoms with van der Waals surface area (Å²) in [7, 11) is 0. The normalized spacial score (nSPS) is 12.6. The fourth-order valence-electron chi connectivity index (χ4n) is 1.59. The Kier molecular flexibility index (Phi) is 3.60. The van der Waals surface area contributed by atoms with Gasteiger partial charge >= 0.3 is 5.97 Å². The molecule has 2 rings (SSSR count). The predicted molar refractivity (Wildman–Crippen MR) is 63.1 cm³/mol. The number of carboxylic acid groups (broad SMARTS) is 1. The van der Waals surface area contributed by atoms with E-state index in [1.807, 2.05) is 6.92 Å². The van der Waals surface area contributed by atoms with Crippen LogP contribution in [0, 0.1) is 0 Å². The average molecular weight is 268 g/mol. The Labute approximate surface area is 107 Å². The topological polar surface area (TPSA) is 107 Å². The van der Waals surface area contributed by atoms with Crippen LogP contribution in [0.25, 0.3) is 10.7 Å². The van der Waals surface area contributed by atoms with Gasteiger partial charge in [-0.2, -0.15) is 0 Å². The molecule has 0 bridgehead atoms. The fourth-order valence-corrected chi connectivity index (χ4v) is 2.32. The van der Waals surface area contributed by atoms with Crippen LogP contribution in [0.3, 0.4) is 0 Å². The van der Waals surface area contributed by atoms with Gasteiger partial charge in [-0.3, -0.25) is 4.79 Å². The summed E-state index contributed by atoms with van der Waals surface area (Å²) < 4.78 is 5.38. The van der Waals surface area contributed by atoms with E-state index >= 15 is 0 Å². The number of carboxylic acids is 1. The molecule has 96 valence electrons. The largest absolute Gasteiger partial charge is 0.481 e. The number of aryl methyl sites for hydroxylation is 1. The Hall–Kier alpha value is -1.90. The Morgan fingerprint density at radius 1 is 1.50 bits per heavy atom. The number of tetrazole rings is 1. The van der Waals surface area contributed by atoms with Crippen molar-refractivity contribution < 1.29 is 9.90 Å². The van der Waals surface area contributed by atoms with Crippen molar-refractivity contribution >= 4 is 17.5 Å². The highest BCUT2D eigenvalue weighted by Gasteiger charge is 2.21. The maximum absolute atomic E-state index is 10.7. The van der Waals surface area contributed by atoms with Gasteiger partial charge in [-0.1, -0.05) is 11.4 Å².